The van der Waals surface area contributed by atoms with E-state index >= 15 is 0 Å². The van der Waals surface area contributed by atoms with Crippen LogP contribution in [0.3, 0.4) is 0 Å². The quantitative estimate of drug-likeness (QED) is 0.476. The zero-order chi connectivity index (χ0) is 20.3. The van der Waals surface area contributed by atoms with Gasteiger partial charge in [0.25, 0.3) is 5.91 Å². The van der Waals surface area contributed by atoms with E-state index in [4.69, 9.17) is 4.42 Å². The van der Waals surface area contributed by atoms with Crippen LogP contribution in [-0.4, -0.2) is 24.0 Å². The number of aromatic nitrogens is 1. The van der Waals surface area contributed by atoms with E-state index in [1.54, 1.807) is 19.1 Å². The number of carbonyl (C=O) groups excluding carboxylic acids is 1. The van der Waals surface area contributed by atoms with Gasteiger partial charge < -0.3 is 15.1 Å². The van der Waals surface area contributed by atoms with Gasteiger partial charge in [0.15, 0.2) is 17.2 Å². The molecule has 0 aliphatic rings. The van der Waals surface area contributed by atoms with Gasteiger partial charge >= 0.3 is 6.18 Å². The van der Waals surface area contributed by atoms with Crippen molar-refractivity contribution in [3.63, 3.8) is 0 Å². The monoisotopic (exact) mass is 395 g/mol. The molecule has 2 aromatic heterocycles. The number of halogens is 4. The Morgan fingerprint density at radius 3 is 2.61 bits per heavy atom. The lowest BCUT2D eigenvalue weighted by molar-refractivity contribution is -0.137. The predicted molar refractivity (Wildman–Crippen MR) is 95.6 cm³/mol. The van der Waals surface area contributed by atoms with Crippen molar-refractivity contribution in [3.8, 4) is 0 Å². The fraction of sp³-hybridized carbons (Fsp3) is 0.263. The van der Waals surface area contributed by atoms with Gasteiger partial charge in [-0.05, 0) is 31.5 Å². The average molecular weight is 395 g/mol. The highest BCUT2D eigenvalue weighted by atomic mass is 19.4. The molecule has 2 N–H and O–H groups in total. The van der Waals surface area contributed by atoms with Crippen molar-refractivity contribution in [3.05, 3.63) is 59.2 Å². The fourth-order valence-electron chi connectivity index (χ4n) is 2.68. The van der Waals surface area contributed by atoms with Crippen LogP contribution in [0, 0.1) is 12.7 Å². The molecule has 148 valence electrons. The van der Waals surface area contributed by atoms with E-state index in [2.05, 4.69) is 15.6 Å². The summed E-state index contributed by atoms with van der Waals surface area (Å²) >= 11 is 0. The maximum atomic E-state index is 13.7. The maximum absolute atomic E-state index is 13.7. The van der Waals surface area contributed by atoms with Gasteiger partial charge in [0, 0.05) is 30.2 Å². The average Bonchev–Trinajstić information content (AvgIpc) is 2.99. The van der Waals surface area contributed by atoms with Crippen molar-refractivity contribution in [2.45, 2.75) is 19.5 Å². The molecule has 0 unspecified atom stereocenters. The number of anilines is 1. The molecule has 0 bridgehead atoms. The summed E-state index contributed by atoms with van der Waals surface area (Å²) in [6.45, 7) is 2.37. The van der Waals surface area contributed by atoms with E-state index in [0.717, 1.165) is 12.3 Å². The first-order chi connectivity index (χ1) is 13.3. The van der Waals surface area contributed by atoms with Crippen LogP contribution in [0.25, 0.3) is 11.0 Å². The number of carbonyl (C=O) groups is 1. The van der Waals surface area contributed by atoms with Crippen LogP contribution in [0.2, 0.25) is 0 Å². The maximum Gasteiger partial charge on any atom is 0.417 e. The Balaban J connectivity index is 1.49. The van der Waals surface area contributed by atoms with Crippen LogP contribution in [0.1, 0.15) is 28.1 Å². The van der Waals surface area contributed by atoms with E-state index in [1.807, 2.05) is 0 Å². The molecule has 3 aromatic rings. The highest BCUT2D eigenvalue weighted by Crippen LogP contribution is 2.29. The van der Waals surface area contributed by atoms with Crippen LogP contribution < -0.4 is 10.6 Å². The highest BCUT2D eigenvalue weighted by Gasteiger charge is 2.30. The van der Waals surface area contributed by atoms with E-state index in [9.17, 15) is 22.4 Å². The number of hydrogen-bond donors (Lipinski definition) is 2. The van der Waals surface area contributed by atoms with Gasteiger partial charge in [-0.3, -0.25) is 4.79 Å². The topological polar surface area (TPSA) is 67.2 Å². The Kier molecular flexibility index (Phi) is 5.53. The molecule has 9 heteroatoms. The third kappa shape index (κ3) is 4.24. The summed E-state index contributed by atoms with van der Waals surface area (Å²) in [4.78, 5) is 15.9. The Hall–Kier alpha value is -3.10. The minimum absolute atomic E-state index is 0.0418. The van der Waals surface area contributed by atoms with E-state index in [-0.39, 0.29) is 11.3 Å². The summed E-state index contributed by atoms with van der Waals surface area (Å²) in [5.74, 6) is -0.631. The van der Waals surface area contributed by atoms with Gasteiger partial charge in [-0.25, -0.2) is 9.37 Å². The zero-order valence-electron chi connectivity index (χ0n) is 14.9. The van der Waals surface area contributed by atoms with Crippen LogP contribution in [0.15, 0.2) is 40.9 Å². The number of aryl methyl sites for hydroxylation is 1. The van der Waals surface area contributed by atoms with Gasteiger partial charge in [-0.1, -0.05) is 12.1 Å². The first-order valence-electron chi connectivity index (χ1n) is 8.50. The largest absolute Gasteiger partial charge is 0.448 e. The van der Waals surface area contributed by atoms with Crippen LogP contribution in [0.5, 0.6) is 0 Å². The SMILES string of the molecule is Cc1c(C(=O)NCCCNc2ccc(C(F)(F)F)cn2)oc2c(F)cccc12. The number of hydrogen-bond acceptors (Lipinski definition) is 4. The molecule has 28 heavy (non-hydrogen) atoms. The van der Waals surface area contributed by atoms with Gasteiger partial charge in [0.2, 0.25) is 0 Å². The molecular formula is C19H17F4N3O2. The van der Waals surface area contributed by atoms with Crippen molar-refractivity contribution in [1.29, 1.82) is 0 Å². The molecule has 0 atom stereocenters. The summed E-state index contributed by atoms with van der Waals surface area (Å²) in [6.07, 6.45) is -3.16. The van der Waals surface area contributed by atoms with Gasteiger partial charge in [-0.2, -0.15) is 13.2 Å². The number of furan rings is 1. The first kappa shape index (κ1) is 19.7. The molecule has 0 aliphatic carbocycles. The standard InChI is InChI=1S/C19H17F4N3O2/c1-11-13-4-2-5-14(20)17(13)28-16(11)18(27)25-9-3-8-24-15-7-6-12(10-26-15)19(21,22)23/h2,4-7,10H,3,8-9H2,1H3,(H,24,26)(H,25,27). The van der Waals surface area contributed by atoms with Gasteiger partial charge in [-0.15, -0.1) is 0 Å². The predicted octanol–water partition coefficient (Wildman–Crippen LogP) is 4.53. The summed E-state index contributed by atoms with van der Waals surface area (Å²) in [6, 6.07) is 6.67. The molecule has 0 spiro atoms. The molecule has 0 fully saturated rings. The smallest absolute Gasteiger partial charge is 0.417 e. The number of para-hydroxylation sites is 1. The first-order valence-corrected chi connectivity index (χ1v) is 8.50. The van der Waals surface area contributed by atoms with Crippen molar-refractivity contribution >= 4 is 22.7 Å². The number of fused-ring (bicyclic) bond motifs is 1. The van der Waals surface area contributed by atoms with E-state index in [0.29, 0.717) is 36.3 Å². The second kappa shape index (κ2) is 7.87. The molecule has 0 aliphatic heterocycles. The molecule has 2 heterocycles. The number of amides is 1. The number of pyridine rings is 1. The lowest BCUT2D eigenvalue weighted by atomic mass is 10.1. The van der Waals surface area contributed by atoms with Crippen molar-refractivity contribution in [2.24, 2.45) is 0 Å². The number of alkyl halides is 3. The molecule has 0 radical (unpaired) electrons. The van der Waals surface area contributed by atoms with Crippen molar-refractivity contribution < 1.29 is 26.8 Å². The Labute approximate surface area is 157 Å². The summed E-state index contributed by atoms with van der Waals surface area (Å²) in [5, 5.41) is 6.09. The summed E-state index contributed by atoms with van der Waals surface area (Å²) < 4.78 is 56.5. The number of nitrogens with zero attached hydrogens (tertiary/aromatic N) is 1. The number of benzene rings is 1. The Morgan fingerprint density at radius 2 is 1.96 bits per heavy atom. The van der Waals surface area contributed by atoms with Gasteiger partial charge in [0.05, 0.1) is 5.56 Å². The molecule has 0 saturated heterocycles. The molecule has 3 rings (SSSR count). The summed E-state index contributed by atoms with van der Waals surface area (Å²) in [7, 11) is 0. The van der Waals surface area contributed by atoms with Crippen LogP contribution in [0.4, 0.5) is 23.4 Å². The second-order valence-corrected chi connectivity index (χ2v) is 6.14. The fourth-order valence-corrected chi connectivity index (χ4v) is 2.68. The third-order valence-electron chi connectivity index (χ3n) is 4.16. The van der Waals surface area contributed by atoms with Crippen LogP contribution >= 0.6 is 0 Å². The molecular weight excluding hydrogens is 378 g/mol. The van der Waals surface area contributed by atoms with E-state index in [1.165, 1.54) is 12.1 Å². The molecule has 5 nitrogen and oxygen atoms in total. The second-order valence-electron chi connectivity index (χ2n) is 6.14. The van der Waals surface area contributed by atoms with Crippen molar-refractivity contribution in [2.75, 3.05) is 18.4 Å². The lowest BCUT2D eigenvalue weighted by Gasteiger charge is -2.09. The van der Waals surface area contributed by atoms with Crippen LogP contribution in [-0.2, 0) is 6.18 Å². The minimum Gasteiger partial charge on any atom is -0.448 e. The molecule has 0 saturated carbocycles. The van der Waals surface area contributed by atoms with Crippen molar-refractivity contribution in [1.82, 2.24) is 10.3 Å². The third-order valence-corrected chi connectivity index (χ3v) is 4.16. The molecule has 1 aromatic carbocycles. The van der Waals surface area contributed by atoms with Gasteiger partial charge in [0.1, 0.15) is 5.82 Å². The van der Waals surface area contributed by atoms with E-state index < -0.39 is 23.5 Å². The highest BCUT2D eigenvalue weighted by molar-refractivity contribution is 5.98. The zero-order valence-corrected chi connectivity index (χ0v) is 14.9. The lowest BCUT2D eigenvalue weighted by Crippen LogP contribution is -2.26. The Morgan fingerprint density at radius 1 is 1.18 bits per heavy atom. The summed E-state index contributed by atoms with van der Waals surface area (Å²) in [5.41, 5.74) is -0.220. The normalized spacial score (nSPS) is 11.6. The Bertz CT molecular complexity index is 981. The number of rotatable bonds is 6. The minimum atomic E-state index is -4.42. The molecule has 1 amide bonds. The number of nitrogens with one attached hydrogen (secondary N) is 2.